The Bertz CT molecular complexity index is 6.83. The fourth-order valence-electron chi connectivity index (χ4n) is 0. The maximum atomic E-state index is 2.12. The summed E-state index contributed by atoms with van der Waals surface area (Å²) < 4.78 is 0. The van der Waals surface area contributed by atoms with Gasteiger partial charge in [-0.3, -0.25) is 0 Å². The summed E-state index contributed by atoms with van der Waals surface area (Å²) in [5.74, 6) is 0. The van der Waals surface area contributed by atoms with E-state index in [2.05, 4.69) is 27.7 Å². The minimum Gasteiger partial charge on any atom is -0.358 e. The Labute approximate surface area is 102 Å². The molecule has 11 heavy (non-hydrogen) atoms. The topological polar surface area (TPSA) is 0 Å². The Kier molecular flexibility index (Phi) is 613. The van der Waals surface area contributed by atoms with Crippen LogP contribution < -0.4 is 0 Å². The van der Waals surface area contributed by atoms with Gasteiger partial charge in [-0.15, -0.1) is 0 Å². The van der Waals surface area contributed by atoms with E-state index in [0.29, 0.717) is 0 Å². The van der Waals surface area contributed by atoms with Crippen molar-refractivity contribution in [1.29, 1.82) is 0 Å². The molecule has 0 saturated heterocycles. The summed E-state index contributed by atoms with van der Waals surface area (Å²) in [6.45, 7) is 8.50. The molecule has 0 unspecified atom stereocenters. The molecule has 0 nitrogen and oxygen atoms in total. The molecule has 0 fully saturated rings. The van der Waals surface area contributed by atoms with Gasteiger partial charge in [0.05, 0.1) is 0 Å². The van der Waals surface area contributed by atoms with Crippen LogP contribution in [0.2, 0.25) is 0 Å². The largest absolute Gasteiger partial charge is 0.358 e. The standard InChI is InChI=1S/2C3H8.4CH3.Y/c2*1-3-2;;;;;/h2*3H2,1-2H3;4*1H3;/q;;4*-1;. The van der Waals surface area contributed by atoms with Gasteiger partial charge in [0.15, 0.2) is 0 Å². The smallest absolute Gasteiger partial charge is 0 e. The third-order valence-electron chi connectivity index (χ3n) is 0. The average Bonchev–Trinajstić information content (AvgIpc) is 1.39. The second-order valence-corrected chi connectivity index (χ2v) is 1.41. The normalized spacial score (nSPS) is 3.27. The van der Waals surface area contributed by atoms with Crippen molar-refractivity contribution < 1.29 is 32.7 Å². The molecule has 1 heteroatoms. The summed E-state index contributed by atoms with van der Waals surface area (Å²) in [6, 6.07) is 0. The summed E-state index contributed by atoms with van der Waals surface area (Å²) >= 11 is 0. The maximum absolute atomic E-state index is 2.12. The summed E-state index contributed by atoms with van der Waals surface area (Å²) in [4.78, 5) is 0. The van der Waals surface area contributed by atoms with Gasteiger partial charge < -0.3 is 29.7 Å². The van der Waals surface area contributed by atoms with Gasteiger partial charge in [0.1, 0.15) is 0 Å². The van der Waals surface area contributed by atoms with E-state index >= 15 is 0 Å². The summed E-state index contributed by atoms with van der Waals surface area (Å²) in [6.07, 6.45) is 2.50. The van der Waals surface area contributed by atoms with E-state index in [-0.39, 0.29) is 62.4 Å². The molecule has 0 N–H and O–H groups in total. The molecule has 0 spiro atoms. The summed E-state index contributed by atoms with van der Waals surface area (Å²) in [7, 11) is 0. The predicted octanol–water partition coefficient (Wildman–Crippen LogP) is 4.63. The Morgan fingerprint density at radius 2 is 0.545 bits per heavy atom. The summed E-state index contributed by atoms with van der Waals surface area (Å²) in [5.41, 5.74) is 0. The van der Waals surface area contributed by atoms with Crippen molar-refractivity contribution in [1.82, 2.24) is 0 Å². The van der Waals surface area contributed by atoms with Gasteiger partial charge in [-0.2, -0.15) is 0 Å². The zero-order chi connectivity index (χ0) is 5.41. The molecule has 1 radical (unpaired) electrons. The molecule has 0 aliphatic rings. The second-order valence-electron chi connectivity index (χ2n) is 1.41. The third-order valence-corrected chi connectivity index (χ3v) is 0. The Balaban J connectivity index is -0.00000000400. The molecule has 0 aromatic rings. The van der Waals surface area contributed by atoms with Crippen molar-refractivity contribution in [3.63, 3.8) is 0 Å². The predicted molar refractivity (Wildman–Crippen MR) is 57.6 cm³/mol. The van der Waals surface area contributed by atoms with Crippen LogP contribution in [0.15, 0.2) is 0 Å². The molecule has 0 amide bonds. The van der Waals surface area contributed by atoms with Crippen molar-refractivity contribution in [2.75, 3.05) is 0 Å². The van der Waals surface area contributed by atoms with Crippen LogP contribution in [-0.4, -0.2) is 0 Å². The van der Waals surface area contributed by atoms with Gasteiger partial charge >= 0.3 is 0 Å². The zero-order valence-corrected chi connectivity index (χ0v) is 12.8. The SMILES string of the molecule is CCC.CCC.[CH3-].[CH3-].[CH3-].[CH3-].[Y]. The van der Waals surface area contributed by atoms with E-state index in [4.69, 9.17) is 0 Å². The molecule has 0 aliphatic heterocycles. The second kappa shape index (κ2) is 118. The first-order chi connectivity index (χ1) is 2.83. The van der Waals surface area contributed by atoms with Crippen LogP contribution in [-0.2, 0) is 32.7 Å². The molecule has 0 atom stereocenters. The molecular formula is C10H28Y-4. The van der Waals surface area contributed by atoms with Gasteiger partial charge in [0, 0.05) is 32.7 Å². The van der Waals surface area contributed by atoms with E-state index in [1.807, 2.05) is 0 Å². The molecule has 0 rings (SSSR count). The monoisotopic (exact) mass is 237 g/mol. The van der Waals surface area contributed by atoms with Gasteiger partial charge in [0.2, 0.25) is 0 Å². The first-order valence-electron chi connectivity index (χ1n) is 2.83. The Morgan fingerprint density at radius 1 is 0.545 bits per heavy atom. The van der Waals surface area contributed by atoms with Crippen molar-refractivity contribution in [3.05, 3.63) is 29.7 Å². The van der Waals surface area contributed by atoms with Crippen molar-refractivity contribution in [2.45, 2.75) is 40.5 Å². The average molecular weight is 237 g/mol. The molecule has 0 heterocycles. The summed E-state index contributed by atoms with van der Waals surface area (Å²) in [5, 5.41) is 0. The third kappa shape index (κ3) is 755. The van der Waals surface area contributed by atoms with Crippen molar-refractivity contribution in [2.24, 2.45) is 0 Å². The van der Waals surface area contributed by atoms with Crippen LogP contribution in [0.3, 0.4) is 0 Å². The van der Waals surface area contributed by atoms with Crippen LogP contribution in [0, 0.1) is 29.7 Å². The van der Waals surface area contributed by atoms with E-state index in [1.165, 1.54) is 12.8 Å². The molecule has 75 valence electrons. The van der Waals surface area contributed by atoms with Gasteiger partial charge in [-0.25, -0.2) is 0 Å². The molecular weight excluding hydrogens is 209 g/mol. The van der Waals surface area contributed by atoms with E-state index in [0.717, 1.165) is 0 Å². The number of hydrogen-bond acceptors (Lipinski definition) is 0. The number of rotatable bonds is 0. The minimum absolute atomic E-state index is 0. The fraction of sp³-hybridized carbons (Fsp3) is 0.600. The number of hydrogen-bond donors (Lipinski definition) is 0. The molecule has 0 aliphatic carbocycles. The van der Waals surface area contributed by atoms with E-state index in [9.17, 15) is 0 Å². The van der Waals surface area contributed by atoms with Gasteiger partial charge in [0.25, 0.3) is 0 Å². The van der Waals surface area contributed by atoms with E-state index in [1.54, 1.807) is 0 Å². The van der Waals surface area contributed by atoms with Gasteiger partial charge in [-0.05, 0) is 0 Å². The Morgan fingerprint density at radius 3 is 0.545 bits per heavy atom. The van der Waals surface area contributed by atoms with Crippen LogP contribution in [0.25, 0.3) is 0 Å². The Hall–Kier alpha value is 1.10. The molecule has 0 bridgehead atoms. The quantitative estimate of drug-likeness (QED) is 0.539. The molecule has 0 aromatic heterocycles. The van der Waals surface area contributed by atoms with Crippen LogP contribution in [0.4, 0.5) is 0 Å². The first kappa shape index (κ1) is 57.3. The van der Waals surface area contributed by atoms with Crippen LogP contribution >= 0.6 is 0 Å². The zero-order valence-electron chi connectivity index (χ0n) is 9.99. The minimum atomic E-state index is 0. The van der Waals surface area contributed by atoms with Crippen LogP contribution in [0.1, 0.15) is 40.5 Å². The molecule has 0 aromatic carbocycles. The van der Waals surface area contributed by atoms with Gasteiger partial charge in [-0.1, -0.05) is 40.5 Å². The van der Waals surface area contributed by atoms with Crippen molar-refractivity contribution in [3.8, 4) is 0 Å². The van der Waals surface area contributed by atoms with E-state index < -0.39 is 0 Å². The maximum Gasteiger partial charge on any atom is 0 e. The van der Waals surface area contributed by atoms with Crippen LogP contribution in [0.5, 0.6) is 0 Å². The first-order valence-corrected chi connectivity index (χ1v) is 2.83. The van der Waals surface area contributed by atoms with Crippen molar-refractivity contribution >= 4 is 0 Å². The fourth-order valence-corrected chi connectivity index (χ4v) is 0. The molecule has 0 saturated carbocycles.